The van der Waals surface area contributed by atoms with Gasteiger partial charge in [-0.05, 0) is 40.8 Å². The Kier molecular flexibility index (Phi) is 6.13. The van der Waals surface area contributed by atoms with Crippen molar-refractivity contribution in [2.45, 2.75) is 45.7 Å². The third kappa shape index (κ3) is 4.21. The highest BCUT2D eigenvalue weighted by molar-refractivity contribution is 5.94. The average Bonchev–Trinajstić information content (AvgIpc) is 3.57. The van der Waals surface area contributed by atoms with E-state index in [2.05, 4.69) is 74.8 Å². The number of tetrazole rings is 1. The number of nitrogens with zero attached hydrogens (tertiary/aromatic N) is 6. The number of carboxylic acid groups (broad SMARTS) is 1. The molecule has 1 aliphatic heterocycles. The van der Waals surface area contributed by atoms with E-state index in [0.717, 1.165) is 47.2 Å². The topological polar surface area (TPSA) is 113 Å². The first-order chi connectivity index (χ1) is 17.1. The molecule has 2 aromatic carbocycles. The Morgan fingerprint density at radius 3 is 2.51 bits per heavy atom. The highest BCUT2D eigenvalue weighted by atomic mass is 16.4. The fourth-order valence-corrected chi connectivity index (χ4v) is 4.66. The maximum absolute atomic E-state index is 12.0. The molecule has 9 nitrogen and oxygen atoms in total. The van der Waals surface area contributed by atoms with Crippen LogP contribution in [-0.4, -0.2) is 41.5 Å². The normalized spacial score (nSPS) is 15.1. The third-order valence-electron chi connectivity index (χ3n) is 6.34. The van der Waals surface area contributed by atoms with Crippen molar-refractivity contribution in [2.75, 3.05) is 4.90 Å². The van der Waals surface area contributed by atoms with Gasteiger partial charge in [-0.3, -0.25) is 0 Å². The number of carboxylic acids is 1. The number of carbonyl (C=O) groups is 1. The summed E-state index contributed by atoms with van der Waals surface area (Å²) in [6, 6.07) is 16.3. The molecule has 3 heterocycles. The van der Waals surface area contributed by atoms with Gasteiger partial charge in [0.1, 0.15) is 11.4 Å². The van der Waals surface area contributed by atoms with Crippen LogP contribution in [0.5, 0.6) is 0 Å². The molecule has 1 aliphatic rings. The Bertz CT molecular complexity index is 1360. The number of hydrogen-bond donors (Lipinski definition) is 2. The molecule has 0 bridgehead atoms. The SMILES string of the molecule is CCCC1=CC(CC)n2ncc(C(=O)O)c2N1Cc1ccc(-c2ccccc2-c2nn[nH]n2)cc1. The molecule has 1 unspecified atom stereocenters. The van der Waals surface area contributed by atoms with Crippen molar-refractivity contribution >= 4 is 11.8 Å². The van der Waals surface area contributed by atoms with Crippen LogP contribution in [0.4, 0.5) is 5.82 Å². The van der Waals surface area contributed by atoms with Crippen LogP contribution in [0.15, 0.2) is 66.5 Å². The third-order valence-corrected chi connectivity index (χ3v) is 6.34. The average molecular weight is 470 g/mol. The number of hydrogen-bond acceptors (Lipinski definition) is 6. The van der Waals surface area contributed by atoms with E-state index in [1.807, 2.05) is 28.9 Å². The van der Waals surface area contributed by atoms with Gasteiger partial charge in [-0.1, -0.05) is 68.8 Å². The minimum absolute atomic E-state index is 0.0555. The molecule has 0 saturated heterocycles. The molecule has 2 N–H and O–H groups in total. The van der Waals surface area contributed by atoms with E-state index in [9.17, 15) is 9.90 Å². The van der Waals surface area contributed by atoms with Crippen LogP contribution in [0.25, 0.3) is 22.5 Å². The number of aromatic nitrogens is 6. The molecule has 1 atom stereocenters. The number of benzene rings is 2. The van der Waals surface area contributed by atoms with Gasteiger partial charge in [0.25, 0.3) is 0 Å². The second kappa shape index (κ2) is 9.54. The molecule has 0 amide bonds. The summed E-state index contributed by atoms with van der Waals surface area (Å²) in [6.45, 7) is 4.79. The first-order valence-corrected chi connectivity index (χ1v) is 11.8. The van der Waals surface area contributed by atoms with Gasteiger partial charge in [-0.2, -0.15) is 10.3 Å². The van der Waals surface area contributed by atoms with Crippen LogP contribution in [-0.2, 0) is 6.54 Å². The van der Waals surface area contributed by atoms with E-state index in [-0.39, 0.29) is 11.6 Å². The molecular weight excluding hydrogens is 442 g/mol. The number of anilines is 1. The molecule has 5 rings (SSSR count). The summed E-state index contributed by atoms with van der Waals surface area (Å²) >= 11 is 0. The fourth-order valence-electron chi connectivity index (χ4n) is 4.66. The van der Waals surface area contributed by atoms with Crippen molar-refractivity contribution in [3.8, 4) is 22.5 Å². The van der Waals surface area contributed by atoms with E-state index in [0.29, 0.717) is 18.2 Å². The zero-order chi connectivity index (χ0) is 24.4. The number of fused-ring (bicyclic) bond motifs is 1. The largest absolute Gasteiger partial charge is 0.477 e. The van der Waals surface area contributed by atoms with Gasteiger partial charge in [0, 0.05) is 17.8 Å². The summed E-state index contributed by atoms with van der Waals surface area (Å²) in [6.07, 6.45) is 6.39. The number of aromatic carboxylic acids is 1. The van der Waals surface area contributed by atoms with Crippen LogP contribution >= 0.6 is 0 Å². The molecule has 178 valence electrons. The Morgan fingerprint density at radius 2 is 1.86 bits per heavy atom. The molecule has 0 radical (unpaired) electrons. The fraction of sp³-hybridized carbons (Fsp3) is 0.269. The Morgan fingerprint density at radius 1 is 1.09 bits per heavy atom. The Labute approximate surface area is 203 Å². The lowest BCUT2D eigenvalue weighted by atomic mass is 9.98. The molecule has 0 spiro atoms. The summed E-state index contributed by atoms with van der Waals surface area (Å²) in [5.41, 5.74) is 5.41. The number of allylic oxidation sites excluding steroid dienone is 2. The maximum Gasteiger partial charge on any atom is 0.341 e. The first kappa shape index (κ1) is 22.5. The zero-order valence-electron chi connectivity index (χ0n) is 19.7. The van der Waals surface area contributed by atoms with E-state index in [4.69, 9.17) is 0 Å². The number of rotatable bonds is 8. The van der Waals surface area contributed by atoms with Gasteiger partial charge >= 0.3 is 5.97 Å². The molecule has 0 aliphatic carbocycles. The van der Waals surface area contributed by atoms with Crippen molar-refractivity contribution in [1.82, 2.24) is 30.4 Å². The number of H-pyrrole nitrogens is 1. The summed E-state index contributed by atoms with van der Waals surface area (Å²) in [4.78, 5) is 14.1. The quantitative estimate of drug-likeness (QED) is 0.370. The standard InChI is InChI=1S/C26H27N7O2/c1-3-7-20-14-19(4-2)33-25(23(15-27-33)26(34)35)32(20)16-17-10-12-18(13-11-17)21-8-5-6-9-22(21)24-28-30-31-29-24/h5-6,8-15,19H,3-4,7,16H2,1-2H3,(H,34,35)(H,28,29,30,31). The summed E-state index contributed by atoms with van der Waals surface area (Å²) < 4.78 is 1.85. The highest BCUT2D eigenvalue weighted by Gasteiger charge is 2.31. The monoisotopic (exact) mass is 469 g/mol. The van der Waals surface area contributed by atoms with Gasteiger partial charge in [-0.25, -0.2) is 9.48 Å². The van der Waals surface area contributed by atoms with Crippen molar-refractivity contribution in [3.05, 3.63) is 77.6 Å². The second-order valence-electron chi connectivity index (χ2n) is 8.58. The summed E-state index contributed by atoms with van der Waals surface area (Å²) in [7, 11) is 0. The van der Waals surface area contributed by atoms with Crippen molar-refractivity contribution in [1.29, 1.82) is 0 Å². The lowest BCUT2D eigenvalue weighted by Crippen LogP contribution is -2.32. The van der Waals surface area contributed by atoms with Crippen molar-refractivity contribution in [2.24, 2.45) is 0 Å². The van der Waals surface area contributed by atoms with Crippen molar-refractivity contribution < 1.29 is 9.90 Å². The molecule has 9 heteroatoms. The lowest BCUT2D eigenvalue weighted by Gasteiger charge is -2.35. The number of aromatic amines is 1. The first-order valence-electron chi connectivity index (χ1n) is 11.8. The summed E-state index contributed by atoms with van der Waals surface area (Å²) in [5, 5.41) is 28.7. The molecular formula is C26H27N7O2. The number of nitrogens with one attached hydrogen (secondary N) is 1. The van der Waals surface area contributed by atoms with Crippen LogP contribution in [0, 0.1) is 0 Å². The van der Waals surface area contributed by atoms with Crippen LogP contribution in [0.2, 0.25) is 0 Å². The minimum atomic E-state index is -0.961. The van der Waals surface area contributed by atoms with Gasteiger partial charge in [0.05, 0.1) is 12.2 Å². The van der Waals surface area contributed by atoms with Gasteiger partial charge in [-0.15, -0.1) is 10.2 Å². The molecule has 4 aromatic rings. The van der Waals surface area contributed by atoms with E-state index >= 15 is 0 Å². The molecule has 0 fully saturated rings. The smallest absolute Gasteiger partial charge is 0.341 e. The van der Waals surface area contributed by atoms with Gasteiger partial charge in [0.15, 0.2) is 0 Å². The lowest BCUT2D eigenvalue weighted by molar-refractivity contribution is 0.0697. The molecule has 0 saturated carbocycles. The van der Waals surface area contributed by atoms with E-state index in [1.54, 1.807) is 0 Å². The molecule has 2 aromatic heterocycles. The van der Waals surface area contributed by atoms with E-state index < -0.39 is 5.97 Å². The highest BCUT2D eigenvalue weighted by Crippen LogP contribution is 2.37. The zero-order valence-corrected chi connectivity index (χ0v) is 19.7. The van der Waals surface area contributed by atoms with Crippen molar-refractivity contribution in [3.63, 3.8) is 0 Å². The Hall–Kier alpha value is -4.27. The predicted molar refractivity (Wildman–Crippen MR) is 133 cm³/mol. The predicted octanol–water partition coefficient (Wildman–Crippen LogP) is 5.08. The Balaban J connectivity index is 1.49. The second-order valence-corrected chi connectivity index (χ2v) is 8.58. The molecule has 35 heavy (non-hydrogen) atoms. The van der Waals surface area contributed by atoms with Crippen LogP contribution in [0.1, 0.15) is 55.1 Å². The summed E-state index contributed by atoms with van der Waals surface area (Å²) in [5.74, 6) is 0.242. The van der Waals surface area contributed by atoms with Gasteiger partial charge < -0.3 is 10.0 Å². The van der Waals surface area contributed by atoms with Crippen LogP contribution < -0.4 is 4.90 Å². The van der Waals surface area contributed by atoms with E-state index in [1.165, 1.54) is 6.20 Å². The van der Waals surface area contributed by atoms with Crippen LogP contribution in [0.3, 0.4) is 0 Å². The van der Waals surface area contributed by atoms with Gasteiger partial charge in [0.2, 0.25) is 5.82 Å². The minimum Gasteiger partial charge on any atom is -0.477 e. The maximum atomic E-state index is 12.0.